The van der Waals surface area contributed by atoms with Crippen molar-refractivity contribution in [2.45, 2.75) is 18.5 Å². The SMILES string of the molecule is CN1CN(C)[C@H]2CC21. The van der Waals surface area contributed by atoms with Gasteiger partial charge in [0.05, 0.1) is 6.67 Å². The molecule has 1 unspecified atom stereocenters. The first-order valence-corrected chi connectivity index (χ1v) is 3.19. The van der Waals surface area contributed by atoms with E-state index >= 15 is 0 Å². The summed E-state index contributed by atoms with van der Waals surface area (Å²) in [6, 6.07) is 1.83. The lowest BCUT2D eigenvalue weighted by Gasteiger charge is -2.13. The van der Waals surface area contributed by atoms with Gasteiger partial charge in [-0.25, -0.2) is 0 Å². The average molecular weight is 112 g/mol. The molecule has 0 amide bonds. The first-order valence-electron chi connectivity index (χ1n) is 3.19. The standard InChI is InChI=1S/C6H12N2/c1-7-4-8(2)6-3-5(6)7/h5-6H,3-4H2,1-2H3/t5-,6?/m0/s1. The van der Waals surface area contributed by atoms with Gasteiger partial charge in [0.2, 0.25) is 0 Å². The Morgan fingerprint density at radius 1 is 1.12 bits per heavy atom. The van der Waals surface area contributed by atoms with E-state index in [9.17, 15) is 0 Å². The van der Waals surface area contributed by atoms with E-state index in [2.05, 4.69) is 23.9 Å². The molecule has 2 rings (SSSR count). The van der Waals surface area contributed by atoms with Crippen LogP contribution in [-0.4, -0.2) is 42.6 Å². The summed E-state index contributed by atoms with van der Waals surface area (Å²) in [4.78, 5) is 4.84. The zero-order valence-corrected chi connectivity index (χ0v) is 5.46. The first kappa shape index (κ1) is 4.77. The smallest absolute Gasteiger partial charge is 0.0507 e. The third-order valence-corrected chi connectivity index (χ3v) is 2.30. The molecule has 1 saturated carbocycles. The van der Waals surface area contributed by atoms with Crippen LogP contribution in [0.1, 0.15) is 6.42 Å². The Morgan fingerprint density at radius 3 is 1.75 bits per heavy atom. The average Bonchev–Trinajstić information content (AvgIpc) is 2.35. The van der Waals surface area contributed by atoms with Gasteiger partial charge in [-0.15, -0.1) is 0 Å². The maximum absolute atomic E-state index is 2.42. The van der Waals surface area contributed by atoms with Crippen molar-refractivity contribution in [2.75, 3.05) is 20.8 Å². The van der Waals surface area contributed by atoms with Gasteiger partial charge in [-0.05, 0) is 20.5 Å². The Morgan fingerprint density at radius 2 is 1.62 bits per heavy atom. The van der Waals surface area contributed by atoms with Crippen LogP contribution in [0.4, 0.5) is 0 Å². The van der Waals surface area contributed by atoms with Crippen LogP contribution in [0.2, 0.25) is 0 Å². The zero-order valence-electron chi connectivity index (χ0n) is 5.46. The summed E-state index contributed by atoms with van der Waals surface area (Å²) in [7, 11) is 4.41. The van der Waals surface area contributed by atoms with Crippen molar-refractivity contribution in [1.29, 1.82) is 0 Å². The van der Waals surface area contributed by atoms with Crippen molar-refractivity contribution < 1.29 is 0 Å². The molecule has 1 heterocycles. The van der Waals surface area contributed by atoms with Gasteiger partial charge in [0, 0.05) is 12.1 Å². The van der Waals surface area contributed by atoms with E-state index in [1.807, 2.05) is 0 Å². The Hall–Kier alpha value is -0.0800. The van der Waals surface area contributed by atoms with Gasteiger partial charge in [0.15, 0.2) is 0 Å². The summed E-state index contributed by atoms with van der Waals surface area (Å²) in [5, 5.41) is 0. The molecule has 1 aliphatic heterocycles. The maximum Gasteiger partial charge on any atom is 0.0507 e. The maximum atomic E-state index is 2.42. The largest absolute Gasteiger partial charge is 0.289 e. The molecule has 2 aliphatic rings. The van der Waals surface area contributed by atoms with Gasteiger partial charge in [-0.2, -0.15) is 0 Å². The molecule has 0 spiro atoms. The summed E-state index contributed by atoms with van der Waals surface area (Å²) in [6.07, 6.45) is 1.41. The van der Waals surface area contributed by atoms with Crippen molar-refractivity contribution >= 4 is 0 Å². The Labute approximate surface area is 50.1 Å². The summed E-state index contributed by atoms with van der Waals surface area (Å²) in [5.41, 5.74) is 0. The van der Waals surface area contributed by atoms with Crippen LogP contribution in [0, 0.1) is 0 Å². The fraction of sp³-hybridized carbons (Fsp3) is 1.00. The van der Waals surface area contributed by atoms with Gasteiger partial charge < -0.3 is 0 Å². The predicted octanol–water partition coefficient (Wildman–Crippen LogP) is -0.0380. The van der Waals surface area contributed by atoms with E-state index in [0.29, 0.717) is 0 Å². The highest BCUT2D eigenvalue weighted by Gasteiger charge is 2.48. The van der Waals surface area contributed by atoms with Gasteiger partial charge in [-0.3, -0.25) is 9.80 Å². The van der Waals surface area contributed by atoms with Crippen LogP contribution in [0.25, 0.3) is 0 Å². The Bertz CT molecular complexity index is 97.1. The number of rotatable bonds is 0. The lowest BCUT2D eigenvalue weighted by atomic mass is 10.6. The van der Waals surface area contributed by atoms with Gasteiger partial charge in [0.25, 0.3) is 0 Å². The van der Waals surface area contributed by atoms with Gasteiger partial charge >= 0.3 is 0 Å². The Kier molecular flexibility index (Phi) is 0.746. The van der Waals surface area contributed by atoms with E-state index in [-0.39, 0.29) is 0 Å². The minimum Gasteiger partial charge on any atom is -0.289 e. The highest BCUT2D eigenvalue weighted by molar-refractivity contribution is 5.05. The van der Waals surface area contributed by atoms with Crippen molar-refractivity contribution in [3.63, 3.8) is 0 Å². The van der Waals surface area contributed by atoms with E-state index in [0.717, 1.165) is 12.1 Å². The second-order valence-electron chi connectivity index (χ2n) is 3.03. The summed E-state index contributed by atoms with van der Waals surface area (Å²) in [6.45, 7) is 1.18. The predicted molar refractivity (Wildman–Crippen MR) is 32.6 cm³/mol. The molecule has 46 valence electrons. The first-order chi connectivity index (χ1) is 3.79. The van der Waals surface area contributed by atoms with Crippen molar-refractivity contribution in [1.82, 2.24) is 9.80 Å². The summed E-state index contributed by atoms with van der Waals surface area (Å²) >= 11 is 0. The molecule has 0 aromatic rings. The van der Waals surface area contributed by atoms with Crippen LogP contribution < -0.4 is 0 Å². The highest BCUT2D eigenvalue weighted by Crippen LogP contribution is 2.36. The minimum absolute atomic E-state index is 0.917. The normalized spacial score (nSPS) is 47.2. The zero-order chi connectivity index (χ0) is 5.72. The molecule has 1 saturated heterocycles. The number of likely N-dealkylation sites (N-methyl/N-ethyl adjacent to an activating group) is 2. The number of nitrogens with zero attached hydrogens (tertiary/aromatic N) is 2. The molecule has 2 heteroatoms. The van der Waals surface area contributed by atoms with Crippen molar-refractivity contribution in [3.8, 4) is 0 Å². The number of hydrogen-bond donors (Lipinski definition) is 0. The van der Waals surface area contributed by atoms with E-state index in [1.165, 1.54) is 13.1 Å². The molecular weight excluding hydrogens is 100 g/mol. The summed E-state index contributed by atoms with van der Waals surface area (Å²) in [5.74, 6) is 0. The molecule has 8 heavy (non-hydrogen) atoms. The summed E-state index contributed by atoms with van der Waals surface area (Å²) < 4.78 is 0. The van der Waals surface area contributed by atoms with Crippen LogP contribution in [0.3, 0.4) is 0 Å². The van der Waals surface area contributed by atoms with Crippen LogP contribution in [0.5, 0.6) is 0 Å². The van der Waals surface area contributed by atoms with E-state index in [1.54, 1.807) is 0 Å². The molecular formula is C6H12N2. The fourth-order valence-electron chi connectivity index (χ4n) is 1.68. The molecule has 2 nitrogen and oxygen atoms in total. The minimum atomic E-state index is 0.917. The van der Waals surface area contributed by atoms with Crippen LogP contribution in [-0.2, 0) is 0 Å². The third-order valence-electron chi connectivity index (χ3n) is 2.30. The van der Waals surface area contributed by atoms with Crippen molar-refractivity contribution in [3.05, 3.63) is 0 Å². The molecule has 0 N–H and O–H groups in total. The fourth-order valence-corrected chi connectivity index (χ4v) is 1.68. The topological polar surface area (TPSA) is 6.48 Å². The van der Waals surface area contributed by atoms with Crippen molar-refractivity contribution in [2.24, 2.45) is 0 Å². The highest BCUT2D eigenvalue weighted by atomic mass is 15.4. The second kappa shape index (κ2) is 1.25. The lowest BCUT2D eigenvalue weighted by molar-refractivity contribution is 0.254. The van der Waals surface area contributed by atoms with Gasteiger partial charge in [0.1, 0.15) is 0 Å². The molecule has 2 fully saturated rings. The monoisotopic (exact) mass is 112 g/mol. The molecule has 2 atom stereocenters. The molecule has 1 aliphatic carbocycles. The van der Waals surface area contributed by atoms with Gasteiger partial charge in [-0.1, -0.05) is 0 Å². The Balaban J connectivity index is 2.09. The molecule has 0 aromatic heterocycles. The third kappa shape index (κ3) is 0.446. The molecule has 0 aromatic carbocycles. The molecule has 0 radical (unpaired) electrons. The number of hydrogen-bond acceptors (Lipinski definition) is 2. The van der Waals surface area contributed by atoms with E-state index in [4.69, 9.17) is 0 Å². The molecule has 0 bridgehead atoms. The van der Waals surface area contributed by atoms with Crippen LogP contribution >= 0.6 is 0 Å². The number of fused-ring (bicyclic) bond motifs is 1. The lowest BCUT2D eigenvalue weighted by Crippen LogP contribution is -2.24. The van der Waals surface area contributed by atoms with E-state index < -0.39 is 0 Å². The van der Waals surface area contributed by atoms with Crippen LogP contribution in [0.15, 0.2) is 0 Å². The quantitative estimate of drug-likeness (QED) is 0.434. The second-order valence-corrected chi connectivity index (χ2v) is 3.03.